The highest BCUT2D eigenvalue weighted by atomic mass is 19.4. The van der Waals surface area contributed by atoms with Gasteiger partial charge in [-0.15, -0.1) is 0 Å². The maximum Gasteiger partial charge on any atom is 0.417 e. The molecule has 1 amide bonds. The number of aromatic nitrogens is 2. The number of aryl methyl sites for hydroxylation is 1. The summed E-state index contributed by atoms with van der Waals surface area (Å²) in [6.07, 6.45) is -1.11. The third kappa shape index (κ3) is 5.51. The van der Waals surface area contributed by atoms with Gasteiger partial charge in [-0.3, -0.25) is 19.5 Å². The van der Waals surface area contributed by atoms with E-state index >= 15 is 4.39 Å². The average molecular weight is 518 g/mol. The summed E-state index contributed by atoms with van der Waals surface area (Å²) in [6.45, 7) is 6.86. The normalized spacial score (nSPS) is 18.6. The van der Waals surface area contributed by atoms with Crippen LogP contribution in [0.5, 0.6) is 0 Å². The summed E-state index contributed by atoms with van der Waals surface area (Å²) < 4.78 is 56.2. The maximum atomic E-state index is 15.4. The Morgan fingerprint density at radius 3 is 2.41 bits per heavy atom. The number of anilines is 2. The average Bonchev–Trinajstić information content (AvgIpc) is 2.82. The third-order valence-electron chi connectivity index (χ3n) is 6.69. The second kappa shape index (κ2) is 9.97. The number of carbonyl (C=O) groups excluding carboxylic acids is 1. The van der Waals surface area contributed by atoms with Gasteiger partial charge in [0.05, 0.1) is 22.5 Å². The van der Waals surface area contributed by atoms with Crippen LogP contribution in [0.15, 0.2) is 47.7 Å². The number of alkyl halides is 3. The second-order valence-corrected chi connectivity index (χ2v) is 9.45. The topological polar surface area (TPSA) is 81.3 Å². The van der Waals surface area contributed by atoms with Crippen LogP contribution in [0.2, 0.25) is 0 Å². The lowest BCUT2D eigenvalue weighted by Gasteiger charge is -2.44. The zero-order chi connectivity index (χ0) is 27.1. The van der Waals surface area contributed by atoms with E-state index in [2.05, 4.69) is 20.2 Å². The number of piperazine rings is 1. The molecule has 0 saturated carbocycles. The second-order valence-electron chi connectivity index (χ2n) is 9.45. The van der Waals surface area contributed by atoms with Crippen LogP contribution in [-0.2, 0) is 6.18 Å². The number of amides is 1. The summed E-state index contributed by atoms with van der Waals surface area (Å²) in [5.74, 6) is -1.64. The SMILES string of the molecule is Cc1cncc(-c2cc(NC(=O)c3c[nH]c(=O)cc3C(F)(F)F)c(N3CC(C)N(C)C(C)C3)cc2F)c1. The smallest absolute Gasteiger partial charge is 0.367 e. The lowest BCUT2D eigenvalue weighted by molar-refractivity contribution is -0.138. The largest absolute Gasteiger partial charge is 0.417 e. The summed E-state index contributed by atoms with van der Waals surface area (Å²) in [5.41, 5.74) is -1.21. The van der Waals surface area contributed by atoms with Crippen LogP contribution in [-0.4, -0.2) is 53.0 Å². The zero-order valence-corrected chi connectivity index (χ0v) is 20.8. The minimum atomic E-state index is -4.92. The fourth-order valence-electron chi connectivity index (χ4n) is 4.53. The van der Waals surface area contributed by atoms with E-state index in [-0.39, 0.29) is 23.3 Å². The van der Waals surface area contributed by atoms with Gasteiger partial charge in [-0.25, -0.2) is 4.39 Å². The van der Waals surface area contributed by atoms with Crippen molar-refractivity contribution in [2.24, 2.45) is 0 Å². The molecule has 0 bridgehead atoms. The quantitative estimate of drug-likeness (QED) is 0.491. The molecule has 4 rings (SSSR count). The minimum absolute atomic E-state index is 0.104. The number of halogens is 4. The van der Waals surface area contributed by atoms with E-state index < -0.39 is 34.6 Å². The van der Waals surface area contributed by atoms with E-state index in [0.29, 0.717) is 30.4 Å². The summed E-state index contributed by atoms with van der Waals surface area (Å²) in [6, 6.07) is 4.97. The van der Waals surface area contributed by atoms with Crippen LogP contribution >= 0.6 is 0 Å². The molecule has 11 heteroatoms. The van der Waals surface area contributed by atoms with Gasteiger partial charge in [-0.2, -0.15) is 13.2 Å². The van der Waals surface area contributed by atoms with Crippen molar-refractivity contribution in [2.75, 3.05) is 30.4 Å². The Hall–Kier alpha value is -3.73. The first-order valence-electron chi connectivity index (χ1n) is 11.7. The van der Waals surface area contributed by atoms with Crippen molar-refractivity contribution in [1.29, 1.82) is 0 Å². The van der Waals surface area contributed by atoms with Crippen molar-refractivity contribution in [3.05, 3.63) is 75.7 Å². The Bertz CT molecular complexity index is 1380. The van der Waals surface area contributed by atoms with Crippen LogP contribution in [0.4, 0.5) is 28.9 Å². The highest BCUT2D eigenvalue weighted by Crippen LogP contribution is 2.37. The first-order valence-corrected chi connectivity index (χ1v) is 11.7. The summed E-state index contributed by atoms with van der Waals surface area (Å²) in [4.78, 5) is 35.0. The number of nitrogens with zero attached hydrogens (tertiary/aromatic N) is 3. The lowest BCUT2D eigenvalue weighted by atomic mass is 10.0. The molecule has 1 saturated heterocycles. The molecule has 2 unspecified atom stereocenters. The summed E-state index contributed by atoms with van der Waals surface area (Å²) in [5, 5.41) is 2.55. The molecular weight excluding hydrogens is 490 g/mol. The monoisotopic (exact) mass is 517 g/mol. The number of carbonyl (C=O) groups is 1. The molecule has 37 heavy (non-hydrogen) atoms. The molecule has 3 aromatic rings. The molecule has 3 heterocycles. The molecule has 2 aromatic heterocycles. The highest BCUT2D eigenvalue weighted by Gasteiger charge is 2.36. The Labute approximate surface area is 211 Å². The highest BCUT2D eigenvalue weighted by molar-refractivity contribution is 6.07. The van der Waals surface area contributed by atoms with E-state index in [1.54, 1.807) is 19.2 Å². The number of pyridine rings is 2. The molecule has 1 aliphatic heterocycles. The number of H-pyrrole nitrogens is 1. The van der Waals surface area contributed by atoms with Gasteiger partial charge >= 0.3 is 6.18 Å². The Balaban J connectivity index is 1.82. The number of rotatable bonds is 4. The maximum absolute atomic E-state index is 15.4. The fourth-order valence-corrected chi connectivity index (χ4v) is 4.53. The lowest BCUT2D eigenvalue weighted by Crippen LogP contribution is -2.55. The van der Waals surface area contributed by atoms with Crippen molar-refractivity contribution >= 4 is 17.3 Å². The standard InChI is InChI=1S/C26H27F4N5O2/c1-14-5-17(10-31-9-14)18-6-22(23(8-21(18)27)35-12-15(2)34(4)16(3)13-35)33-25(37)19-11-32-24(36)7-20(19)26(28,29)30/h5-11,15-16H,12-13H2,1-4H3,(H,32,36)(H,33,37). The molecule has 196 valence electrons. The molecule has 1 aliphatic rings. The molecule has 1 fully saturated rings. The number of hydrogen-bond donors (Lipinski definition) is 2. The molecule has 2 atom stereocenters. The van der Waals surface area contributed by atoms with Crippen LogP contribution in [0.3, 0.4) is 0 Å². The van der Waals surface area contributed by atoms with Crippen LogP contribution in [0.25, 0.3) is 11.1 Å². The molecular formula is C26H27F4N5O2. The number of aromatic amines is 1. The molecule has 0 spiro atoms. The van der Waals surface area contributed by atoms with E-state index in [1.165, 1.54) is 18.3 Å². The Morgan fingerprint density at radius 2 is 1.78 bits per heavy atom. The van der Waals surface area contributed by atoms with Crippen molar-refractivity contribution < 1.29 is 22.4 Å². The van der Waals surface area contributed by atoms with Crippen LogP contribution < -0.4 is 15.8 Å². The summed E-state index contributed by atoms with van der Waals surface area (Å²) in [7, 11) is 1.98. The van der Waals surface area contributed by atoms with Crippen molar-refractivity contribution in [2.45, 2.75) is 39.0 Å². The van der Waals surface area contributed by atoms with Gasteiger partial charge in [0, 0.05) is 61.0 Å². The van der Waals surface area contributed by atoms with E-state index in [1.807, 2.05) is 25.8 Å². The van der Waals surface area contributed by atoms with Gasteiger partial charge in [-0.1, -0.05) is 0 Å². The van der Waals surface area contributed by atoms with E-state index in [4.69, 9.17) is 0 Å². The first kappa shape index (κ1) is 26.3. The Morgan fingerprint density at radius 1 is 1.11 bits per heavy atom. The molecule has 0 aliphatic carbocycles. The predicted molar refractivity (Wildman–Crippen MR) is 133 cm³/mol. The van der Waals surface area contributed by atoms with Crippen LogP contribution in [0, 0.1) is 12.7 Å². The molecule has 1 aromatic carbocycles. The minimum Gasteiger partial charge on any atom is -0.367 e. The predicted octanol–water partition coefficient (Wildman–Crippen LogP) is 4.68. The van der Waals surface area contributed by atoms with E-state index in [9.17, 15) is 22.8 Å². The third-order valence-corrected chi connectivity index (χ3v) is 6.69. The number of hydrogen-bond acceptors (Lipinski definition) is 5. The molecule has 7 nitrogen and oxygen atoms in total. The van der Waals surface area contributed by atoms with Crippen LogP contribution in [0.1, 0.15) is 35.3 Å². The number of likely N-dealkylation sites (N-methyl/N-ethyl adjacent to an activating group) is 1. The van der Waals surface area contributed by atoms with Gasteiger partial charge in [0.2, 0.25) is 5.56 Å². The Kier molecular flexibility index (Phi) is 7.09. The van der Waals surface area contributed by atoms with Gasteiger partial charge in [0.15, 0.2) is 0 Å². The van der Waals surface area contributed by atoms with Gasteiger partial charge < -0.3 is 15.2 Å². The first-order chi connectivity index (χ1) is 17.3. The number of benzene rings is 1. The van der Waals surface area contributed by atoms with E-state index in [0.717, 1.165) is 11.8 Å². The van der Waals surface area contributed by atoms with Crippen molar-refractivity contribution in [3.63, 3.8) is 0 Å². The molecule has 0 radical (unpaired) electrons. The number of nitrogens with one attached hydrogen (secondary N) is 2. The van der Waals surface area contributed by atoms with Gasteiger partial charge in [0.1, 0.15) is 5.82 Å². The fraction of sp³-hybridized carbons (Fsp3) is 0.346. The summed E-state index contributed by atoms with van der Waals surface area (Å²) >= 11 is 0. The van der Waals surface area contributed by atoms with Gasteiger partial charge in [0.25, 0.3) is 5.91 Å². The van der Waals surface area contributed by atoms with Crippen molar-refractivity contribution in [3.8, 4) is 11.1 Å². The molecule has 2 N–H and O–H groups in total. The van der Waals surface area contributed by atoms with Crippen molar-refractivity contribution in [1.82, 2.24) is 14.9 Å². The van der Waals surface area contributed by atoms with Gasteiger partial charge in [-0.05, 0) is 51.6 Å². The zero-order valence-electron chi connectivity index (χ0n) is 20.8.